The van der Waals surface area contributed by atoms with Crippen molar-refractivity contribution >= 4 is 11.8 Å². The summed E-state index contributed by atoms with van der Waals surface area (Å²) in [6.07, 6.45) is 0.385. The summed E-state index contributed by atoms with van der Waals surface area (Å²) in [6.45, 7) is 6.59. The second kappa shape index (κ2) is 6.48. The number of hydrogen-bond acceptors (Lipinski definition) is 3. The lowest BCUT2D eigenvalue weighted by Crippen LogP contribution is -2.37. The highest BCUT2D eigenvalue weighted by atomic mass is 16.5. The predicted molar refractivity (Wildman–Crippen MR) is 59.9 cm³/mol. The largest absolute Gasteiger partial charge is 0.379 e. The zero-order valence-corrected chi connectivity index (χ0v) is 9.99. The lowest BCUT2D eigenvalue weighted by Gasteiger charge is -2.19. The topological polar surface area (TPSA) is 58.6 Å². The fraction of sp³-hybridized carbons (Fsp3) is 0.818. The highest BCUT2D eigenvalue weighted by molar-refractivity contribution is 5.87. The standard InChI is InChI=1S/C11H20N2O3/c1-9(2)8-16-6-5-13-4-3-10(14)12-7-11(13)15/h9H,3-8H2,1-2H3,(H,12,14). The fourth-order valence-electron chi connectivity index (χ4n) is 1.47. The molecule has 5 heteroatoms. The van der Waals surface area contributed by atoms with Gasteiger partial charge in [0.05, 0.1) is 13.2 Å². The predicted octanol–water partition coefficient (Wildman–Crippen LogP) is 0.00750. The Balaban J connectivity index is 2.24. The number of ether oxygens (including phenoxy) is 1. The molecule has 92 valence electrons. The van der Waals surface area contributed by atoms with Crippen LogP contribution in [0.5, 0.6) is 0 Å². The quantitative estimate of drug-likeness (QED) is 0.674. The maximum absolute atomic E-state index is 11.5. The number of hydrogen-bond donors (Lipinski definition) is 1. The first kappa shape index (κ1) is 13.0. The first-order valence-corrected chi connectivity index (χ1v) is 5.72. The summed E-state index contributed by atoms with van der Waals surface area (Å²) in [5.74, 6) is 0.418. The van der Waals surface area contributed by atoms with E-state index in [0.29, 0.717) is 38.6 Å². The third-order valence-corrected chi connectivity index (χ3v) is 2.35. The summed E-state index contributed by atoms with van der Waals surface area (Å²) in [7, 11) is 0. The maximum Gasteiger partial charge on any atom is 0.242 e. The van der Waals surface area contributed by atoms with E-state index in [1.165, 1.54) is 0 Å². The number of rotatable bonds is 5. The van der Waals surface area contributed by atoms with Crippen molar-refractivity contribution in [3.05, 3.63) is 0 Å². The van der Waals surface area contributed by atoms with Crippen LogP contribution in [0.3, 0.4) is 0 Å². The van der Waals surface area contributed by atoms with Crippen LogP contribution in [0.1, 0.15) is 20.3 Å². The Bertz CT molecular complexity index is 254. The van der Waals surface area contributed by atoms with Crippen LogP contribution >= 0.6 is 0 Å². The molecule has 1 fully saturated rings. The summed E-state index contributed by atoms with van der Waals surface area (Å²) < 4.78 is 5.41. The van der Waals surface area contributed by atoms with Crippen molar-refractivity contribution in [1.29, 1.82) is 0 Å². The normalized spacial score (nSPS) is 17.6. The van der Waals surface area contributed by atoms with Crippen LogP contribution in [0.4, 0.5) is 0 Å². The van der Waals surface area contributed by atoms with Gasteiger partial charge in [-0.05, 0) is 5.92 Å². The molecule has 1 aliphatic heterocycles. The summed E-state index contributed by atoms with van der Waals surface area (Å²) in [5.41, 5.74) is 0. The van der Waals surface area contributed by atoms with Gasteiger partial charge in [0.15, 0.2) is 0 Å². The van der Waals surface area contributed by atoms with Gasteiger partial charge in [0.25, 0.3) is 0 Å². The van der Waals surface area contributed by atoms with E-state index in [-0.39, 0.29) is 18.4 Å². The highest BCUT2D eigenvalue weighted by Crippen LogP contribution is 1.99. The second-order valence-electron chi connectivity index (χ2n) is 4.38. The van der Waals surface area contributed by atoms with Crippen molar-refractivity contribution < 1.29 is 14.3 Å². The molecule has 0 unspecified atom stereocenters. The summed E-state index contributed by atoms with van der Waals surface area (Å²) in [4.78, 5) is 24.3. The van der Waals surface area contributed by atoms with E-state index in [2.05, 4.69) is 19.2 Å². The molecule has 2 amide bonds. The Morgan fingerprint density at radius 1 is 1.44 bits per heavy atom. The molecule has 0 aromatic rings. The van der Waals surface area contributed by atoms with Gasteiger partial charge in [-0.1, -0.05) is 13.8 Å². The highest BCUT2D eigenvalue weighted by Gasteiger charge is 2.19. The third kappa shape index (κ3) is 4.61. The lowest BCUT2D eigenvalue weighted by atomic mass is 10.2. The summed E-state index contributed by atoms with van der Waals surface area (Å²) >= 11 is 0. The van der Waals surface area contributed by atoms with Crippen LogP contribution in [-0.2, 0) is 14.3 Å². The van der Waals surface area contributed by atoms with E-state index in [4.69, 9.17) is 4.74 Å². The minimum Gasteiger partial charge on any atom is -0.379 e. The van der Waals surface area contributed by atoms with Crippen LogP contribution in [0, 0.1) is 5.92 Å². The van der Waals surface area contributed by atoms with Gasteiger partial charge < -0.3 is 15.0 Å². The number of carbonyl (C=O) groups is 2. The summed E-state index contributed by atoms with van der Waals surface area (Å²) in [6, 6.07) is 0. The molecule has 0 radical (unpaired) electrons. The molecule has 1 rings (SSSR count). The molecule has 0 atom stereocenters. The molecule has 1 heterocycles. The van der Waals surface area contributed by atoms with Crippen molar-refractivity contribution in [2.75, 3.05) is 32.8 Å². The molecule has 5 nitrogen and oxygen atoms in total. The molecule has 0 aliphatic carbocycles. The van der Waals surface area contributed by atoms with Gasteiger partial charge in [0, 0.05) is 26.1 Å². The minimum atomic E-state index is -0.0565. The van der Waals surface area contributed by atoms with E-state index in [1.807, 2.05) is 0 Å². The summed E-state index contributed by atoms with van der Waals surface area (Å²) in [5, 5.41) is 2.56. The van der Waals surface area contributed by atoms with Crippen LogP contribution in [0.25, 0.3) is 0 Å². The van der Waals surface area contributed by atoms with E-state index >= 15 is 0 Å². The van der Waals surface area contributed by atoms with Crippen molar-refractivity contribution in [3.63, 3.8) is 0 Å². The van der Waals surface area contributed by atoms with Gasteiger partial charge in [0.2, 0.25) is 11.8 Å². The lowest BCUT2D eigenvalue weighted by molar-refractivity contribution is -0.130. The Hall–Kier alpha value is -1.10. The van der Waals surface area contributed by atoms with Gasteiger partial charge in [-0.15, -0.1) is 0 Å². The van der Waals surface area contributed by atoms with Gasteiger partial charge in [-0.2, -0.15) is 0 Å². The molecule has 0 spiro atoms. The van der Waals surface area contributed by atoms with Gasteiger partial charge in [-0.25, -0.2) is 0 Å². The molecular formula is C11H20N2O3. The minimum absolute atomic E-state index is 0.0287. The van der Waals surface area contributed by atoms with E-state index in [9.17, 15) is 9.59 Å². The first-order chi connectivity index (χ1) is 7.59. The molecule has 1 saturated heterocycles. The van der Waals surface area contributed by atoms with Crippen LogP contribution in [0.2, 0.25) is 0 Å². The first-order valence-electron chi connectivity index (χ1n) is 5.72. The Labute approximate surface area is 96.1 Å². The molecule has 0 saturated carbocycles. The van der Waals surface area contributed by atoms with Gasteiger partial charge >= 0.3 is 0 Å². The molecule has 0 bridgehead atoms. The zero-order chi connectivity index (χ0) is 12.0. The zero-order valence-electron chi connectivity index (χ0n) is 9.99. The fourth-order valence-corrected chi connectivity index (χ4v) is 1.47. The smallest absolute Gasteiger partial charge is 0.242 e. The van der Waals surface area contributed by atoms with Gasteiger partial charge in [0.1, 0.15) is 0 Å². The Kier molecular flexibility index (Phi) is 5.25. The second-order valence-corrected chi connectivity index (χ2v) is 4.38. The van der Waals surface area contributed by atoms with Gasteiger partial charge in [-0.3, -0.25) is 9.59 Å². The van der Waals surface area contributed by atoms with E-state index in [1.54, 1.807) is 4.90 Å². The monoisotopic (exact) mass is 228 g/mol. The molecule has 0 aromatic heterocycles. The Morgan fingerprint density at radius 2 is 2.19 bits per heavy atom. The number of nitrogens with one attached hydrogen (secondary N) is 1. The van der Waals surface area contributed by atoms with E-state index in [0.717, 1.165) is 0 Å². The van der Waals surface area contributed by atoms with Crippen molar-refractivity contribution in [2.45, 2.75) is 20.3 Å². The number of carbonyl (C=O) groups excluding carboxylic acids is 2. The van der Waals surface area contributed by atoms with Crippen molar-refractivity contribution in [3.8, 4) is 0 Å². The van der Waals surface area contributed by atoms with E-state index < -0.39 is 0 Å². The molecule has 1 N–H and O–H groups in total. The Morgan fingerprint density at radius 3 is 2.88 bits per heavy atom. The SMILES string of the molecule is CC(C)COCCN1CCC(=O)NCC1=O. The van der Waals surface area contributed by atoms with Crippen LogP contribution in [-0.4, -0.2) is 49.6 Å². The number of amides is 2. The third-order valence-electron chi connectivity index (χ3n) is 2.35. The maximum atomic E-state index is 11.5. The average molecular weight is 228 g/mol. The molecule has 16 heavy (non-hydrogen) atoms. The molecule has 0 aromatic carbocycles. The van der Waals surface area contributed by atoms with Crippen molar-refractivity contribution in [2.24, 2.45) is 5.92 Å². The van der Waals surface area contributed by atoms with Crippen molar-refractivity contribution in [1.82, 2.24) is 10.2 Å². The molecular weight excluding hydrogens is 208 g/mol. The van der Waals surface area contributed by atoms with Crippen LogP contribution in [0.15, 0.2) is 0 Å². The average Bonchev–Trinajstić information content (AvgIpc) is 2.38. The molecule has 1 aliphatic rings. The number of nitrogens with zero attached hydrogens (tertiary/aromatic N) is 1. The van der Waals surface area contributed by atoms with Crippen LogP contribution < -0.4 is 5.32 Å².